The van der Waals surface area contributed by atoms with Crippen LogP contribution in [0.5, 0.6) is 0 Å². The maximum Gasteiger partial charge on any atom is 0.216 e. The molecule has 1 heterocycles. The van der Waals surface area contributed by atoms with Crippen molar-refractivity contribution in [2.75, 3.05) is 5.32 Å². The SMILES string of the molecule is N#CC(=CNc1cc(F)c(Br)c(F)c1I)c1nn[nH]n1. The Morgan fingerprint density at radius 3 is 2.90 bits per heavy atom. The number of hydrogen-bond acceptors (Lipinski definition) is 5. The molecule has 1 aromatic carbocycles. The third kappa shape index (κ3) is 2.93. The second-order valence-corrected chi connectivity index (χ2v) is 5.27. The van der Waals surface area contributed by atoms with Crippen LogP contribution in [0.2, 0.25) is 0 Å². The topological polar surface area (TPSA) is 90.3 Å². The number of rotatable bonds is 3. The molecule has 0 radical (unpaired) electrons. The lowest BCUT2D eigenvalue weighted by molar-refractivity contribution is 0.568. The van der Waals surface area contributed by atoms with Crippen LogP contribution in [0.3, 0.4) is 0 Å². The van der Waals surface area contributed by atoms with Crippen LogP contribution in [-0.2, 0) is 0 Å². The maximum absolute atomic E-state index is 13.7. The molecule has 2 aromatic rings. The van der Waals surface area contributed by atoms with E-state index in [4.69, 9.17) is 5.26 Å². The van der Waals surface area contributed by atoms with Crippen LogP contribution < -0.4 is 5.32 Å². The molecule has 6 nitrogen and oxygen atoms in total. The summed E-state index contributed by atoms with van der Waals surface area (Å²) in [6.45, 7) is 0. The molecule has 0 fully saturated rings. The molecule has 0 saturated heterocycles. The number of benzene rings is 1. The molecule has 20 heavy (non-hydrogen) atoms. The van der Waals surface area contributed by atoms with Gasteiger partial charge in [-0.05, 0) is 49.8 Å². The lowest BCUT2D eigenvalue weighted by Gasteiger charge is -2.07. The Bertz CT molecular complexity index is 710. The van der Waals surface area contributed by atoms with Crippen LogP contribution in [0.15, 0.2) is 16.7 Å². The zero-order valence-electron chi connectivity index (χ0n) is 9.46. The smallest absolute Gasteiger partial charge is 0.216 e. The average Bonchev–Trinajstić information content (AvgIpc) is 2.96. The van der Waals surface area contributed by atoms with Gasteiger partial charge >= 0.3 is 0 Å². The molecule has 1 aromatic heterocycles. The Kier molecular flexibility index (Phi) is 4.61. The summed E-state index contributed by atoms with van der Waals surface area (Å²) in [7, 11) is 0. The highest BCUT2D eigenvalue weighted by atomic mass is 127. The van der Waals surface area contributed by atoms with E-state index in [0.29, 0.717) is 0 Å². The minimum atomic E-state index is -0.753. The first-order valence-corrected chi connectivity index (χ1v) is 6.85. The number of nitriles is 1. The lowest BCUT2D eigenvalue weighted by atomic mass is 10.2. The largest absolute Gasteiger partial charge is 0.359 e. The van der Waals surface area contributed by atoms with E-state index in [0.717, 1.165) is 6.07 Å². The van der Waals surface area contributed by atoms with Crippen LogP contribution in [-0.4, -0.2) is 20.6 Å². The third-order valence-corrected chi connectivity index (χ3v) is 3.96. The molecule has 102 valence electrons. The molecule has 0 aliphatic heterocycles. The van der Waals surface area contributed by atoms with Crippen LogP contribution in [0.4, 0.5) is 14.5 Å². The quantitative estimate of drug-likeness (QED) is 0.323. The molecule has 0 amide bonds. The highest BCUT2D eigenvalue weighted by molar-refractivity contribution is 14.1. The van der Waals surface area contributed by atoms with E-state index < -0.39 is 11.6 Å². The van der Waals surface area contributed by atoms with Crippen molar-refractivity contribution in [1.82, 2.24) is 20.6 Å². The van der Waals surface area contributed by atoms with Gasteiger partial charge in [-0.1, -0.05) is 0 Å². The summed E-state index contributed by atoms with van der Waals surface area (Å²) >= 11 is 4.53. The lowest BCUT2D eigenvalue weighted by Crippen LogP contribution is -1.99. The Morgan fingerprint density at radius 1 is 1.55 bits per heavy atom. The number of hydrogen-bond donors (Lipinski definition) is 2. The van der Waals surface area contributed by atoms with Gasteiger partial charge in [0, 0.05) is 6.20 Å². The highest BCUT2D eigenvalue weighted by Gasteiger charge is 2.15. The van der Waals surface area contributed by atoms with Crippen molar-refractivity contribution in [3.05, 3.63) is 37.8 Å². The molecule has 0 saturated carbocycles. The first-order valence-electron chi connectivity index (χ1n) is 4.98. The summed E-state index contributed by atoms with van der Waals surface area (Å²) < 4.78 is 27.1. The summed E-state index contributed by atoms with van der Waals surface area (Å²) in [4.78, 5) is 0. The van der Waals surface area contributed by atoms with E-state index in [-0.39, 0.29) is 25.1 Å². The summed E-state index contributed by atoms with van der Waals surface area (Å²) in [5.74, 6) is -1.40. The standard InChI is InChI=1S/C10H4BrF2IN6/c11-7-5(12)1-6(9(14)8(7)13)16-3-4(2-15)10-17-19-20-18-10/h1,3,16H,(H,17,18,19,20). The van der Waals surface area contributed by atoms with Crippen molar-refractivity contribution in [3.8, 4) is 6.07 Å². The number of aromatic amines is 1. The highest BCUT2D eigenvalue weighted by Crippen LogP contribution is 2.30. The van der Waals surface area contributed by atoms with Gasteiger partial charge in [-0.15, -0.1) is 10.2 Å². The number of aromatic nitrogens is 4. The molecular weight excluding hydrogens is 449 g/mol. The normalized spacial score (nSPS) is 11.2. The second-order valence-electron chi connectivity index (χ2n) is 3.40. The molecule has 0 unspecified atom stereocenters. The molecule has 2 N–H and O–H groups in total. The van der Waals surface area contributed by atoms with Gasteiger partial charge < -0.3 is 5.32 Å². The fraction of sp³-hybridized carbons (Fsp3) is 0. The Hall–Kier alpha value is -1.61. The van der Waals surface area contributed by atoms with Gasteiger partial charge in [0.05, 0.1) is 13.7 Å². The zero-order valence-corrected chi connectivity index (χ0v) is 13.2. The van der Waals surface area contributed by atoms with Gasteiger partial charge in [0.25, 0.3) is 0 Å². The Labute approximate surface area is 133 Å². The third-order valence-electron chi connectivity index (χ3n) is 2.18. The van der Waals surface area contributed by atoms with E-state index in [2.05, 4.69) is 41.9 Å². The predicted molar refractivity (Wildman–Crippen MR) is 78.2 cm³/mol. The van der Waals surface area contributed by atoms with E-state index >= 15 is 0 Å². The van der Waals surface area contributed by atoms with Crippen molar-refractivity contribution in [1.29, 1.82) is 5.26 Å². The van der Waals surface area contributed by atoms with Crippen LogP contribution in [0, 0.1) is 26.5 Å². The van der Waals surface area contributed by atoms with Crippen LogP contribution in [0.1, 0.15) is 5.82 Å². The van der Waals surface area contributed by atoms with E-state index in [9.17, 15) is 8.78 Å². The van der Waals surface area contributed by atoms with Crippen molar-refractivity contribution in [2.45, 2.75) is 0 Å². The monoisotopic (exact) mass is 452 g/mol. The van der Waals surface area contributed by atoms with Crippen LogP contribution in [0.25, 0.3) is 5.57 Å². The van der Waals surface area contributed by atoms with Crippen molar-refractivity contribution in [2.24, 2.45) is 0 Å². The van der Waals surface area contributed by atoms with Gasteiger partial charge in [0.15, 0.2) is 5.82 Å². The van der Waals surface area contributed by atoms with E-state index in [1.165, 1.54) is 6.20 Å². The first-order chi connectivity index (χ1) is 9.54. The molecular formula is C10H4BrF2IN6. The molecule has 0 bridgehead atoms. The fourth-order valence-corrected chi connectivity index (χ4v) is 2.51. The maximum atomic E-state index is 13.7. The summed E-state index contributed by atoms with van der Waals surface area (Å²) in [5, 5.41) is 24.4. The van der Waals surface area contributed by atoms with Crippen molar-refractivity contribution in [3.63, 3.8) is 0 Å². The van der Waals surface area contributed by atoms with Gasteiger partial charge in [0.1, 0.15) is 17.5 Å². The first kappa shape index (κ1) is 14.8. The van der Waals surface area contributed by atoms with Gasteiger partial charge in [-0.2, -0.15) is 10.5 Å². The van der Waals surface area contributed by atoms with Gasteiger partial charge in [0.2, 0.25) is 5.82 Å². The molecule has 2 rings (SSSR count). The molecule has 0 aliphatic carbocycles. The van der Waals surface area contributed by atoms with Crippen molar-refractivity contribution < 1.29 is 8.78 Å². The number of nitrogens with one attached hydrogen (secondary N) is 2. The average molecular weight is 453 g/mol. The van der Waals surface area contributed by atoms with Crippen LogP contribution >= 0.6 is 38.5 Å². The zero-order chi connectivity index (χ0) is 14.7. The number of halogens is 4. The summed E-state index contributed by atoms with van der Waals surface area (Å²) in [5.41, 5.74) is 0.248. The minimum absolute atomic E-state index is 0.0679. The summed E-state index contributed by atoms with van der Waals surface area (Å²) in [6.07, 6.45) is 1.25. The number of tetrazole rings is 1. The van der Waals surface area contributed by atoms with Crippen molar-refractivity contribution >= 4 is 49.8 Å². The molecule has 0 atom stereocenters. The van der Waals surface area contributed by atoms with E-state index in [1.54, 1.807) is 22.6 Å². The minimum Gasteiger partial charge on any atom is -0.359 e. The molecule has 0 spiro atoms. The molecule has 0 aliphatic rings. The van der Waals surface area contributed by atoms with E-state index in [1.807, 2.05) is 6.07 Å². The second kappa shape index (κ2) is 6.23. The number of H-pyrrole nitrogens is 1. The van der Waals surface area contributed by atoms with Gasteiger partial charge in [-0.25, -0.2) is 8.78 Å². The Morgan fingerprint density at radius 2 is 2.30 bits per heavy atom. The number of anilines is 1. The fourth-order valence-electron chi connectivity index (χ4n) is 1.25. The van der Waals surface area contributed by atoms with Gasteiger partial charge in [-0.3, -0.25) is 0 Å². The molecule has 10 heteroatoms. The number of allylic oxidation sites excluding steroid dienone is 1. The Balaban J connectivity index is 2.34. The number of nitrogens with zero attached hydrogens (tertiary/aromatic N) is 4. The predicted octanol–water partition coefficient (Wildman–Crippen LogP) is 2.82. The summed E-state index contributed by atoms with van der Waals surface area (Å²) in [6, 6.07) is 2.96.